The molecule has 1 unspecified atom stereocenters. The van der Waals surface area contributed by atoms with Crippen LogP contribution in [0.25, 0.3) is 0 Å². The largest absolute Gasteiger partial charge is 0.351 e. The van der Waals surface area contributed by atoms with Gasteiger partial charge in [0, 0.05) is 12.5 Å². The van der Waals surface area contributed by atoms with Gasteiger partial charge in [0.1, 0.15) is 0 Å². The molecule has 13 heavy (non-hydrogen) atoms. The molecule has 0 aromatic carbocycles. The van der Waals surface area contributed by atoms with Crippen LogP contribution < -0.4 is 11.1 Å². The molecule has 0 fully saturated rings. The van der Waals surface area contributed by atoms with Crippen molar-refractivity contribution in [1.29, 1.82) is 0 Å². The summed E-state index contributed by atoms with van der Waals surface area (Å²) >= 11 is 0. The van der Waals surface area contributed by atoms with Crippen LogP contribution >= 0.6 is 0 Å². The van der Waals surface area contributed by atoms with Gasteiger partial charge in [-0.3, -0.25) is 4.79 Å². The first kappa shape index (κ1) is 12.0. The fourth-order valence-corrected chi connectivity index (χ4v) is 0.870. The van der Waals surface area contributed by atoms with Crippen LogP contribution in [0.4, 0.5) is 0 Å². The van der Waals surface area contributed by atoms with E-state index in [4.69, 9.17) is 12.2 Å². The fourth-order valence-electron chi connectivity index (χ4n) is 0.870. The summed E-state index contributed by atoms with van der Waals surface area (Å²) in [4.78, 5) is 11.4. The number of carbonyl (C=O) groups is 1. The van der Waals surface area contributed by atoms with Gasteiger partial charge in [0.25, 0.3) is 0 Å². The van der Waals surface area contributed by atoms with Gasteiger partial charge in [-0.05, 0) is 12.8 Å². The molecule has 0 rings (SSSR count). The van der Waals surface area contributed by atoms with E-state index in [1.165, 1.54) is 0 Å². The molecular weight excluding hydrogens is 164 g/mol. The highest BCUT2D eigenvalue weighted by molar-refractivity contribution is 5.81. The summed E-state index contributed by atoms with van der Waals surface area (Å²) in [6.45, 7) is 5.69. The first-order valence-corrected chi connectivity index (χ1v) is 4.48. The second kappa shape index (κ2) is 5.60. The summed E-state index contributed by atoms with van der Waals surface area (Å²) in [7, 11) is 0. The molecule has 2 atom stereocenters. The van der Waals surface area contributed by atoms with E-state index in [1.807, 2.05) is 20.8 Å². The summed E-state index contributed by atoms with van der Waals surface area (Å²) in [5, 5.41) is 2.76. The van der Waals surface area contributed by atoms with Crippen LogP contribution in [0.1, 0.15) is 27.2 Å². The number of nitrogens with two attached hydrogens (primary N) is 1. The molecule has 0 aliphatic heterocycles. The van der Waals surface area contributed by atoms with Gasteiger partial charge in [0.15, 0.2) is 0 Å². The summed E-state index contributed by atoms with van der Waals surface area (Å²) in [5.74, 6) is 2.51. The number of terminal acetylenes is 1. The summed E-state index contributed by atoms with van der Waals surface area (Å²) in [6, 6.07) is -0.442. The van der Waals surface area contributed by atoms with E-state index in [9.17, 15) is 4.79 Å². The molecule has 0 heterocycles. The molecule has 3 nitrogen and oxygen atoms in total. The van der Waals surface area contributed by atoms with Gasteiger partial charge in [-0.1, -0.05) is 13.8 Å². The maximum Gasteiger partial charge on any atom is 0.237 e. The van der Waals surface area contributed by atoms with E-state index in [-0.39, 0.29) is 17.9 Å². The lowest BCUT2D eigenvalue weighted by Crippen LogP contribution is -2.46. The van der Waals surface area contributed by atoms with Crippen molar-refractivity contribution in [3.63, 3.8) is 0 Å². The molecule has 0 radical (unpaired) electrons. The van der Waals surface area contributed by atoms with Crippen LogP contribution in [0.5, 0.6) is 0 Å². The highest BCUT2D eigenvalue weighted by atomic mass is 16.2. The van der Waals surface area contributed by atoms with Crippen LogP contribution in [0.3, 0.4) is 0 Å². The zero-order chi connectivity index (χ0) is 10.4. The third-order valence-corrected chi connectivity index (χ3v) is 1.83. The van der Waals surface area contributed by atoms with Crippen molar-refractivity contribution in [2.45, 2.75) is 39.3 Å². The van der Waals surface area contributed by atoms with Crippen molar-refractivity contribution >= 4 is 5.91 Å². The first-order chi connectivity index (χ1) is 5.99. The van der Waals surface area contributed by atoms with Gasteiger partial charge in [-0.25, -0.2) is 0 Å². The zero-order valence-corrected chi connectivity index (χ0v) is 8.50. The summed E-state index contributed by atoms with van der Waals surface area (Å²) in [6.07, 6.45) is 5.65. The van der Waals surface area contributed by atoms with E-state index in [0.717, 1.165) is 0 Å². The van der Waals surface area contributed by atoms with Crippen LogP contribution in [-0.4, -0.2) is 18.0 Å². The average molecular weight is 182 g/mol. The quantitative estimate of drug-likeness (QED) is 0.622. The summed E-state index contributed by atoms with van der Waals surface area (Å²) in [5.41, 5.74) is 5.64. The molecule has 1 amide bonds. The minimum absolute atomic E-state index is 0.00213. The second-order valence-corrected chi connectivity index (χ2v) is 3.59. The Morgan fingerprint density at radius 2 is 2.08 bits per heavy atom. The summed E-state index contributed by atoms with van der Waals surface area (Å²) < 4.78 is 0. The molecule has 3 heteroatoms. The Morgan fingerprint density at radius 1 is 1.54 bits per heavy atom. The Balaban J connectivity index is 3.94. The highest BCUT2D eigenvalue weighted by Crippen LogP contribution is 1.99. The highest BCUT2D eigenvalue weighted by Gasteiger charge is 2.18. The molecule has 0 spiro atoms. The lowest BCUT2D eigenvalue weighted by molar-refractivity contribution is -0.123. The average Bonchev–Trinajstić information content (AvgIpc) is 2.03. The molecule has 0 aromatic rings. The Hall–Kier alpha value is -1.01. The number of hydrogen-bond donors (Lipinski definition) is 2. The molecule has 3 N–H and O–H groups in total. The third kappa shape index (κ3) is 4.54. The Bertz CT molecular complexity index is 205. The number of rotatable bonds is 4. The lowest BCUT2D eigenvalue weighted by Gasteiger charge is -2.18. The minimum Gasteiger partial charge on any atom is -0.351 e. The van der Waals surface area contributed by atoms with Gasteiger partial charge in [0.05, 0.1) is 6.04 Å². The second-order valence-electron chi connectivity index (χ2n) is 3.59. The van der Waals surface area contributed by atoms with Crippen LogP contribution in [0.15, 0.2) is 0 Å². The number of nitrogens with one attached hydrogen (secondary N) is 1. The van der Waals surface area contributed by atoms with Gasteiger partial charge in [-0.2, -0.15) is 0 Å². The Kier molecular flexibility index (Phi) is 5.17. The van der Waals surface area contributed by atoms with Crippen molar-refractivity contribution < 1.29 is 4.79 Å². The molecule has 0 aliphatic rings. The minimum atomic E-state index is -0.444. The predicted octanol–water partition coefficient (Wildman–Crippen LogP) is 0.498. The molecule has 0 aliphatic carbocycles. The molecule has 0 saturated heterocycles. The van der Waals surface area contributed by atoms with Crippen LogP contribution in [0, 0.1) is 18.3 Å². The SMILES string of the molecule is C#CCC(C)NC(=O)[C@@H](N)C(C)C. The zero-order valence-electron chi connectivity index (χ0n) is 8.50. The van der Waals surface area contributed by atoms with E-state index in [2.05, 4.69) is 11.2 Å². The monoisotopic (exact) mass is 182 g/mol. The lowest BCUT2D eigenvalue weighted by atomic mass is 10.0. The van der Waals surface area contributed by atoms with Crippen LogP contribution in [0.2, 0.25) is 0 Å². The predicted molar refractivity (Wildman–Crippen MR) is 53.9 cm³/mol. The van der Waals surface area contributed by atoms with Crippen molar-refractivity contribution in [3.05, 3.63) is 0 Å². The van der Waals surface area contributed by atoms with Crippen molar-refractivity contribution in [1.82, 2.24) is 5.32 Å². The topological polar surface area (TPSA) is 55.1 Å². The van der Waals surface area contributed by atoms with Crippen molar-refractivity contribution in [2.24, 2.45) is 11.7 Å². The Morgan fingerprint density at radius 3 is 2.46 bits per heavy atom. The molecular formula is C10H18N2O. The smallest absolute Gasteiger partial charge is 0.237 e. The van der Waals surface area contributed by atoms with Crippen molar-refractivity contribution in [2.75, 3.05) is 0 Å². The van der Waals surface area contributed by atoms with Gasteiger partial charge < -0.3 is 11.1 Å². The number of hydrogen-bond acceptors (Lipinski definition) is 2. The first-order valence-electron chi connectivity index (χ1n) is 4.48. The fraction of sp³-hybridized carbons (Fsp3) is 0.700. The van der Waals surface area contributed by atoms with E-state index >= 15 is 0 Å². The molecule has 74 valence electrons. The third-order valence-electron chi connectivity index (χ3n) is 1.83. The standard InChI is InChI=1S/C10H18N2O/c1-5-6-8(4)12-10(13)9(11)7(2)3/h1,7-9H,6,11H2,2-4H3,(H,12,13)/t8?,9-/m0/s1. The van der Waals surface area contributed by atoms with Gasteiger partial charge in [-0.15, -0.1) is 12.3 Å². The van der Waals surface area contributed by atoms with E-state index in [1.54, 1.807) is 0 Å². The Labute approximate surface area is 80.1 Å². The van der Waals surface area contributed by atoms with E-state index < -0.39 is 6.04 Å². The normalized spacial score (nSPS) is 14.8. The molecule has 0 saturated carbocycles. The van der Waals surface area contributed by atoms with Gasteiger partial charge >= 0.3 is 0 Å². The number of carbonyl (C=O) groups excluding carboxylic acids is 1. The van der Waals surface area contributed by atoms with Crippen molar-refractivity contribution in [3.8, 4) is 12.3 Å². The maximum absolute atomic E-state index is 11.4. The molecule has 0 aromatic heterocycles. The van der Waals surface area contributed by atoms with Crippen LogP contribution in [-0.2, 0) is 4.79 Å². The number of amides is 1. The maximum atomic E-state index is 11.4. The molecule has 0 bridgehead atoms. The van der Waals surface area contributed by atoms with Gasteiger partial charge in [0.2, 0.25) is 5.91 Å². The van der Waals surface area contributed by atoms with E-state index in [0.29, 0.717) is 6.42 Å².